The molecular weight excluding hydrogens is 271 g/mol. The Balaban J connectivity index is 1.72. The van der Waals surface area contributed by atoms with Gasteiger partial charge in [-0.1, -0.05) is 0 Å². The van der Waals surface area contributed by atoms with E-state index >= 15 is 0 Å². The van der Waals surface area contributed by atoms with E-state index in [-0.39, 0.29) is 5.82 Å². The number of nitrogens with one attached hydrogen (secondary N) is 3. The highest BCUT2D eigenvalue weighted by Gasteiger charge is 2.17. The van der Waals surface area contributed by atoms with Crippen molar-refractivity contribution in [1.29, 1.82) is 0 Å². The van der Waals surface area contributed by atoms with Gasteiger partial charge in [0, 0.05) is 11.8 Å². The quantitative estimate of drug-likeness (QED) is 0.802. The van der Waals surface area contributed by atoms with E-state index in [1.54, 1.807) is 0 Å². The van der Waals surface area contributed by atoms with Crippen LogP contribution in [0.15, 0.2) is 12.3 Å². The second kappa shape index (κ2) is 6.17. The molecule has 1 fully saturated rings. The van der Waals surface area contributed by atoms with Gasteiger partial charge in [-0.15, -0.1) is 0 Å². The summed E-state index contributed by atoms with van der Waals surface area (Å²) in [6.07, 6.45) is 4.10. The number of anilines is 2. The van der Waals surface area contributed by atoms with Crippen LogP contribution >= 0.6 is 0 Å². The summed E-state index contributed by atoms with van der Waals surface area (Å²) in [7, 11) is 0. The van der Waals surface area contributed by atoms with Crippen molar-refractivity contribution in [3.05, 3.63) is 29.5 Å². The number of rotatable bonds is 4. The number of hydrogen-bond acceptors (Lipinski definition) is 5. The number of hydrogen-bond donors (Lipinski definition) is 3. The first-order valence-electron chi connectivity index (χ1n) is 7.22. The summed E-state index contributed by atoms with van der Waals surface area (Å²) in [4.78, 5) is 8.26. The molecule has 3 rings (SSSR count). The molecule has 0 unspecified atom stereocenters. The molecule has 6 nitrogen and oxygen atoms in total. The molecule has 0 aromatic carbocycles. The third-order valence-corrected chi connectivity index (χ3v) is 3.64. The van der Waals surface area contributed by atoms with Crippen molar-refractivity contribution in [3.8, 4) is 0 Å². The summed E-state index contributed by atoms with van der Waals surface area (Å²) in [6, 6.07) is 1.84. The zero-order valence-electron chi connectivity index (χ0n) is 12.0. The highest BCUT2D eigenvalue weighted by atomic mass is 19.1. The average molecular weight is 290 g/mol. The summed E-state index contributed by atoms with van der Waals surface area (Å²) >= 11 is 0. The zero-order valence-corrected chi connectivity index (χ0v) is 12.0. The summed E-state index contributed by atoms with van der Waals surface area (Å²) in [6.45, 7) is 3.88. The fourth-order valence-corrected chi connectivity index (χ4v) is 2.57. The minimum atomic E-state index is -0.343. The van der Waals surface area contributed by atoms with Crippen molar-refractivity contribution in [1.82, 2.24) is 25.5 Å². The van der Waals surface area contributed by atoms with Gasteiger partial charge in [-0.2, -0.15) is 5.10 Å². The van der Waals surface area contributed by atoms with Gasteiger partial charge in [-0.05, 0) is 45.2 Å². The summed E-state index contributed by atoms with van der Waals surface area (Å²) in [5.41, 5.74) is 1.40. The first-order chi connectivity index (χ1) is 10.2. The predicted molar refractivity (Wildman–Crippen MR) is 77.9 cm³/mol. The van der Waals surface area contributed by atoms with Crippen molar-refractivity contribution in [2.45, 2.75) is 26.2 Å². The molecular formula is C14H19FN6. The fourth-order valence-electron chi connectivity index (χ4n) is 2.57. The Morgan fingerprint density at radius 3 is 3.10 bits per heavy atom. The molecule has 3 heterocycles. The van der Waals surface area contributed by atoms with E-state index < -0.39 is 0 Å². The van der Waals surface area contributed by atoms with Gasteiger partial charge in [0.05, 0.1) is 11.9 Å². The van der Waals surface area contributed by atoms with Gasteiger partial charge in [0.2, 0.25) is 5.95 Å². The topological polar surface area (TPSA) is 78.5 Å². The molecule has 112 valence electrons. The van der Waals surface area contributed by atoms with E-state index in [1.807, 2.05) is 13.0 Å². The lowest BCUT2D eigenvalue weighted by Crippen LogP contribution is -2.31. The minimum absolute atomic E-state index is 0.343. The number of H-pyrrole nitrogens is 1. The second-order valence-corrected chi connectivity index (χ2v) is 5.47. The molecule has 0 spiro atoms. The Bertz CT molecular complexity index is 605. The van der Waals surface area contributed by atoms with Crippen LogP contribution in [-0.2, 0) is 6.42 Å². The van der Waals surface area contributed by atoms with Gasteiger partial charge in [0.25, 0.3) is 0 Å². The van der Waals surface area contributed by atoms with Crippen LogP contribution in [-0.4, -0.2) is 33.3 Å². The number of aromatic amines is 1. The van der Waals surface area contributed by atoms with E-state index in [0.717, 1.165) is 31.6 Å². The molecule has 2 aromatic rings. The Morgan fingerprint density at radius 2 is 2.38 bits per heavy atom. The van der Waals surface area contributed by atoms with E-state index in [0.29, 0.717) is 29.8 Å². The Morgan fingerprint density at radius 1 is 1.48 bits per heavy atom. The number of piperidine rings is 1. The van der Waals surface area contributed by atoms with Gasteiger partial charge in [-0.3, -0.25) is 5.10 Å². The predicted octanol–water partition coefficient (Wildman–Crippen LogP) is 1.93. The molecule has 21 heavy (non-hydrogen) atoms. The molecule has 0 saturated carbocycles. The minimum Gasteiger partial charge on any atom is -0.316 e. The molecule has 3 N–H and O–H groups in total. The van der Waals surface area contributed by atoms with Crippen molar-refractivity contribution in [2.24, 2.45) is 5.92 Å². The first-order valence-corrected chi connectivity index (χ1v) is 7.22. The van der Waals surface area contributed by atoms with Crippen molar-refractivity contribution in [2.75, 3.05) is 18.4 Å². The van der Waals surface area contributed by atoms with Crippen molar-refractivity contribution in [3.63, 3.8) is 0 Å². The van der Waals surface area contributed by atoms with Crippen LogP contribution in [0.5, 0.6) is 0 Å². The number of halogens is 1. The van der Waals surface area contributed by atoms with Gasteiger partial charge >= 0.3 is 0 Å². The van der Waals surface area contributed by atoms with Gasteiger partial charge < -0.3 is 10.6 Å². The third kappa shape index (κ3) is 3.55. The van der Waals surface area contributed by atoms with E-state index in [2.05, 4.69) is 30.8 Å². The second-order valence-electron chi connectivity index (χ2n) is 5.47. The maximum Gasteiger partial charge on any atom is 0.228 e. The number of aromatic nitrogens is 4. The molecule has 0 aliphatic carbocycles. The molecule has 1 atom stereocenters. The summed E-state index contributed by atoms with van der Waals surface area (Å²) in [5, 5.41) is 13.2. The average Bonchev–Trinajstić information content (AvgIpc) is 2.89. The van der Waals surface area contributed by atoms with Crippen LogP contribution in [0.4, 0.5) is 16.2 Å². The highest BCUT2D eigenvalue weighted by Crippen LogP contribution is 2.19. The van der Waals surface area contributed by atoms with Gasteiger partial charge in [0.15, 0.2) is 11.6 Å². The smallest absolute Gasteiger partial charge is 0.228 e. The summed E-state index contributed by atoms with van der Waals surface area (Å²) < 4.78 is 13.9. The van der Waals surface area contributed by atoms with Crippen LogP contribution in [0.3, 0.4) is 0 Å². The molecule has 0 radical (unpaired) electrons. The van der Waals surface area contributed by atoms with Crippen molar-refractivity contribution < 1.29 is 4.39 Å². The van der Waals surface area contributed by atoms with Gasteiger partial charge in [-0.25, -0.2) is 14.4 Å². The monoisotopic (exact) mass is 290 g/mol. The molecule has 1 saturated heterocycles. The molecule has 7 heteroatoms. The maximum absolute atomic E-state index is 13.9. The van der Waals surface area contributed by atoms with Crippen LogP contribution < -0.4 is 10.6 Å². The normalized spacial score (nSPS) is 18.7. The molecule has 1 aliphatic rings. The van der Waals surface area contributed by atoms with E-state index in [9.17, 15) is 4.39 Å². The molecule has 1 aliphatic heterocycles. The zero-order chi connectivity index (χ0) is 14.7. The lowest BCUT2D eigenvalue weighted by atomic mass is 9.94. The maximum atomic E-state index is 13.9. The lowest BCUT2D eigenvalue weighted by Gasteiger charge is -2.22. The van der Waals surface area contributed by atoms with Crippen LogP contribution in [0.1, 0.15) is 24.2 Å². The standard InChI is InChI=1S/C14H19FN6/c1-9-5-13(21-20-9)19-14-17-8-11(15)12(18-14)6-10-3-2-4-16-7-10/h5,8,10,16H,2-4,6-7H2,1H3,(H2,17,18,19,20,21)/t10-/m1/s1. The molecule has 2 aromatic heterocycles. The van der Waals surface area contributed by atoms with Crippen LogP contribution in [0.2, 0.25) is 0 Å². The largest absolute Gasteiger partial charge is 0.316 e. The Hall–Kier alpha value is -2.02. The molecule has 0 bridgehead atoms. The fraction of sp³-hybridized carbons (Fsp3) is 0.500. The highest BCUT2D eigenvalue weighted by molar-refractivity contribution is 5.47. The first kappa shape index (κ1) is 13.9. The lowest BCUT2D eigenvalue weighted by molar-refractivity contribution is 0.368. The Kier molecular flexibility index (Phi) is 4.10. The third-order valence-electron chi connectivity index (χ3n) is 3.64. The molecule has 0 amide bonds. The van der Waals surface area contributed by atoms with Crippen LogP contribution in [0, 0.1) is 18.7 Å². The van der Waals surface area contributed by atoms with E-state index in [1.165, 1.54) is 6.20 Å². The van der Waals surface area contributed by atoms with E-state index in [4.69, 9.17) is 0 Å². The number of aryl methyl sites for hydroxylation is 1. The van der Waals surface area contributed by atoms with Crippen LogP contribution in [0.25, 0.3) is 0 Å². The SMILES string of the molecule is Cc1cc(Nc2ncc(F)c(C[C@H]3CCCNC3)n2)n[nH]1. The summed E-state index contributed by atoms with van der Waals surface area (Å²) in [5.74, 6) is 1.10. The number of nitrogens with zero attached hydrogens (tertiary/aromatic N) is 3. The van der Waals surface area contributed by atoms with Gasteiger partial charge in [0.1, 0.15) is 0 Å². The Labute approximate surface area is 122 Å². The van der Waals surface area contributed by atoms with Crippen molar-refractivity contribution >= 4 is 11.8 Å².